The van der Waals surface area contributed by atoms with E-state index in [2.05, 4.69) is 9.71 Å². The Bertz CT molecular complexity index is 499. The van der Waals surface area contributed by atoms with Gasteiger partial charge in [0.15, 0.2) is 4.21 Å². The van der Waals surface area contributed by atoms with Crippen molar-refractivity contribution in [1.82, 2.24) is 9.71 Å². The molecule has 1 atom stereocenters. The number of nitrogens with two attached hydrogens (primary N) is 1. The minimum absolute atomic E-state index is 0.0319. The summed E-state index contributed by atoms with van der Waals surface area (Å²) in [7, 11) is -3.64. The van der Waals surface area contributed by atoms with E-state index in [0.29, 0.717) is 23.5 Å². The number of aryl methyl sites for hydroxylation is 1. The van der Waals surface area contributed by atoms with Crippen LogP contribution >= 0.6 is 11.3 Å². The van der Waals surface area contributed by atoms with Crippen molar-refractivity contribution in [3.63, 3.8) is 0 Å². The summed E-state index contributed by atoms with van der Waals surface area (Å²) in [5.41, 5.74) is 5.77. The lowest BCUT2D eigenvalue weighted by Crippen LogP contribution is -2.39. The molecule has 0 fully saturated rings. The molecule has 0 aliphatic carbocycles. The maximum atomic E-state index is 11.9. The van der Waals surface area contributed by atoms with Crippen LogP contribution in [0.15, 0.2) is 9.00 Å². The van der Waals surface area contributed by atoms with Crippen LogP contribution in [0.5, 0.6) is 0 Å². The predicted molar refractivity (Wildman–Crippen MR) is 63.1 cm³/mol. The van der Waals surface area contributed by atoms with E-state index in [1.807, 2.05) is 6.92 Å². The Hall–Kier alpha value is -0.700. The van der Waals surface area contributed by atoms with E-state index in [4.69, 9.17) is 5.73 Å². The number of aromatic amines is 1. The molecule has 0 saturated carbocycles. The third kappa shape index (κ3) is 2.91. The highest BCUT2D eigenvalue weighted by Gasteiger charge is 2.22. The summed E-state index contributed by atoms with van der Waals surface area (Å²) < 4.78 is 26.3. The molecule has 92 valence electrons. The Morgan fingerprint density at radius 2 is 2.19 bits per heavy atom. The first-order valence-corrected chi connectivity index (χ1v) is 7.12. The van der Waals surface area contributed by atoms with Gasteiger partial charge in [-0.05, 0) is 13.3 Å². The van der Waals surface area contributed by atoms with E-state index in [0.717, 1.165) is 0 Å². The van der Waals surface area contributed by atoms with Gasteiger partial charge in [-0.3, -0.25) is 4.79 Å². The molecule has 0 bridgehead atoms. The minimum Gasteiger partial charge on any atom is -0.329 e. The summed E-state index contributed by atoms with van der Waals surface area (Å²) in [5.74, 6) is 0. The lowest BCUT2D eigenvalue weighted by Gasteiger charge is -2.13. The smallest absolute Gasteiger partial charge is 0.305 e. The molecule has 0 aromatic carbocycles. The maximum absolute atomic E-state index is 11.9. The second-order valence-corrected chi connectivity index (χ2v) is 6.28. The van der Waals surface area contributed by atoms with Gasteiger partial charge in [-0.25, -0.2) is 13.1 Å². The first kappa shape index (κ1) is 13.4. The fourth-order valence-corrected chi connectivity index (χ4v) is 3.87. The van der Waals surface area contributed by atoms with Gasteiger partial charge in [0.1, 0.15) is 0 Å². The van der Waals surface area contributed by atoms with Crippen LogP contribution < -0.4 is 15.3 Å². The summed E-state index contributed by atoms with van der Waals surface area (Å²) in [6, 6.07) is -0.304. The molecule has 1 rings (SSSR count). The molecule has 8 heteroatoms. The van der Waals surface area contributed by atoms with Gasteiger partial charge < -0.3 is 10.7 Å². The zero-order chi connectivity index (χ0) is 12.3. The normalized spacial score (nSPS) is 13.9. The van der Waals surface area contributed by atoms with Crippen LogP contribution in [-0.2, 0) is 10.0 Å². The fourth-order valence-electron chi connectivity index (χ4n) is 1.22. The van der Waals surface area contributed by atoms with Gasteiger partial charge in [0.2, 0.25) is 0 Å². The van der Waals surface area contributed by atoms with Crippen LogP contribution in [-0.4, -0.2) is 26.0 Å². The van der Waals surface area contributed by atoms with Gasteiger partial charge in [-0.2, -0.15) is 0 Å². The molecular formula is C8H15N3O3S2. The quantitative estimate of drug-likeness (QED) is 0.683. The van der Waals surface area contributed by atoms with Crippen molar-refractivity contribution < 1.29 is 8.42 Å². The summed E-state index contributed by atoms with van der Waals surface area (Å²) in [6.07, 6.45) is 0.605. The van der Waals surface area contributed by atoms with Crippen LogP contribution in [0.2, 0.25) is 0 Å². The first-order chi connectivity index (χ1) is 7.40. The van der Waals surface area contributed by atoms with E-state index in [1.165, 1.54) is 0 Å². The molecule has 1 aromatic rings. The molecule has 0 radical (unpaired) electrons. The predicted octanol–water partition coefficient (Wildman–Crippen LogP) is -0.240. The van der Waals surface area contributed by atoms with E-state index >= 15 is 0 Å². The standard InChI is InChI=1S/C8H15N3O3S2/c1-3-6(4-9)11-16(13,14)7-5(2)10-8(12)15-7/h6,11H,3-4,9H2,1-2H3,(H,10,12). The molecule has 0 spiro atoms. The second kappa shape index (κ2) is 5.09. The van der Waals surface area contributed by atoms with Gasteiger partial charge >= 0.3 is 4.87 Å². The number of sulfonamides is 1. The minimum atomic E-state index is -3.64. The highest BCUT2D eigenvalue weighted by atomic mass is 32.2. The second-order valence-electron chi connectivity index (χ2n) is 3.39. The molecule has 0 aliphatic heterocycles. The Morgan fingerprint density at radius 3 is 2.56 bits per heavy atom. The number of H-pyrrole nitrogens is 1. The van der Waals surface area contributed by atoms with Crippen molar-refractivity contribution >= 4 is 21.4 Å². The van der Waals surface area contributed by atoms with Crippen LogP contribution in [0.25, 0.3) is 0 Å². The third-order valence-electron chi connectivity index (χ3n) is 2.12. The van der Waals surface area contributed by atoms with Crippen molar-refractivity contribution in [1.29, 1.82) is 0 Å². The van der Waals surface area contributed by atoms with Crippen LogP contribution in [0.3, 0.4) is 0 Å². The zero-order valence-corrected chi connectivity index (χ0v) is 10.7. The molecule has 1 heterocycles. The van der Waals surface area contributed by atoms with Crippen molar-refractivity contribution in [2.45, 2.75) is 30.5 Å². The van der Waals surface area contributed by atoms with Gasteiger partial charge in [0.25, 0.3) is 10.0 Å². The molecule has 4 N–H and O–H groups in total. The average Bonchev–Trinajstić information content (AvgIpc) is 2.55. The Morgan fingerprint density at radius 1 is 1.56 bits per heavy atom. The Balaban J connectivity index is 3.03. The summed E-state index contributed by atoms with van der Waals surface area (Å²) in [4.78, 5) is 13.1. The number of aromatic nitrogens is 1. The largest absolute Gasteiger partial charge is 0.329 e. The number of rotatable bonds is 5. The first-order valence-electron chi connectivity index (χ1n) is 4.82. The van der Waals surface area contributed by atoms with E-state index < -0.39 is 10.0 Å². The number of hydrogen-bond acceptors (Lipinski definition) is 5. The van der Waals surface area contributed by atoms with E-state index in [1.54, 1.807) is 6.92 Å². The lowest BCUT2D eigenvalue weighted by molar-refractivity contribution is 0.543. The maximum Gasteiger partial charge on any atom is 0.305 e. The van der Waals surface area contributed by atoms with E-state index in [9.17, 15) is 13.2 Å². The Kier molecular flexibility index (Phi) is 4.25. The van der Waals surface area contributed by atoms with Crippen molar-refractivity contribution in [3.05, 3.63) is 15.4 Å². The topological polar surface area (TPSA) is 105 Å². The van der Waals surface area contributed by atoms with Gasteiger partial charge in [-0.15, -0.1) is 0 Å². The van der Waals surface area contributed by atoms with Gasteiger partial charge in [0, 0.05) is 18.3 Å². The van der Waals surface area contributed by atoms with Crippen LogP contribution in [0, 0.1) is 6.92 Å². The molecule has 6 nitrogen and oxygen atoms in total. The number of hydrogen-bond donors (Lipinski definition) is 3. The Labute approximate surface area is 97.9 Å². The SMILES string of the molecule is CCC(CN)NS(=O)(=O)c1sc(=O)[nH]c1C. The van der Waals surface area contributed by atoms with Crippen molar-refractivity contribution in [2.75, 3.05) is 6.54 Å². The zero-order valence-electron chi connectivity index (χ0n) is 9.11. The highest BCUT2D eigenvalue weighted by Crippen LogP contribution is 2.16. The van der Waals surface area contributed by atoms with Crippen molar-refractivity contribution in [3.8, 4) is 0 Å². The van der Waals surface area contributed by atoms with Gasteiger partial charge in [-0.1, -0.05) is 18.3 Å². The molecule has 0 saturated heterocycles. The fraction of sp³-hybridized carbons (Fsp3) is 0.625. The number of nitrogens with one attached hydrogen (secondary N) is 2. The summed E-state index contributed by atoms with van der Waals surface area (Å²) in [5, 5.41) is 0. The molecular weight excluding hydrogens is 250 g/mol. The molecule has 1 unspecified atom stereocenters. The van der Waals surface area contributed by atoms with Crippen molar-refractivity contribution in [2.24, 2.45) is 5.73 Å². The lowest BCUT2D eigenvalue weighted by atomic mass is 10.2. The van der Waals surface area contributed by atoms with Crippen LogP contribution in [0.4, 0.5) is 0 Å². The highest BCUT2D eigenvalue weighted by molar-refractivity contribution is 7.91. The summed E-state index contributed by atoms with van der Waals surface area (Å²) in [6.45, 7) is 3.62. The van der Waals surface area contributed by atoms with Crippen LogP contribution in [0.1, 0.15) is 19.0 Å². The third-order valence-corrected chi connectivity index (χ3v) is 5.25. The monoisotopic (exact) mass is 265 g/mol. The molecule has 0 amide bonds. The molecule has 16 heavy (non-hydrogen) atoms. The van der Waals surface area contributed by atoms with E-state index in [-0.39, 0.29) is 21.7 Å². The molecule has 0 aliphatic rings. The molecule has 1 aromatic heterocycles. The average molecular weight is 265 g/mol. The van der Waals surface area contributed by atoms with Gasteiger partial charge in [0.05, 0.1) is 0 Å². The summed E-state index contributed by atoms with van der Waals surface area (Å²) >= 11 is 0.682. The number of thiazole rings is 1.